The third-order valence-electron chi connectivity index (χ3n) is 4.55. The van der Waals surface area contributed by atoms with Crippen molar-refractivity contribution >= 4 is 28.0 Å². The Morgan fingerprint density at radius 2 is 1.63 bits per heavy atom. The minimum Gasteiger partial charge on any atom is -0.479 e. The SMILES string of the molecule is CC(=O)NCCCS(=O)(=O)OC(C(OC(=O)C(C)C)C(C)C)C(C)(C)[C@@H](O)C(=O)O. The lowest BCUT2D eigenvalue weighted by molar-refractivity contribution is -0.177. The van der Waals surface area contributed by atoms with Crippen LogP contribution in [0.1, 0.15) is 54.9 Å². The molecule has 0 radical (unpaired) electrons. The molecule has 0 fully saturated rings. The summed E-state index contributed by atoms with van der Waals surface area (Å²) in [5, 5.41) is 22.0. The summed E-state index contributed by atoms with van der Waals surface area (Å²) >= 11 is 0. The van der Waals surface area contributed by atoms with Crippen LogP contribution >= 0.6 is 0 Å². The number of aliphatic hydroxyl groups excluding tert-OH is 1. The molecule has 0 rings (SSSR count). The molecule has 3 atom stereocenters. The Morgan fingerprint density at radius 3 is 2.03 bits per heavy atom. The number of hydrogen-bond acceptors (Lipinski definition) is 8. The van der Waals surface area contributed by atoms with Crippen LogP contribution in [-0.4, -0.2) is 67.1 Å². The fourth-order valence-electron chi connectivity index (χ4n) is 2.61. The highest BCUT2D eigenvalue weighted by atomic mass is 32.2. The zero-order chi connectivity index (χ0) is 23.9. The van der Waals surface area contributed by atoms with Crippen LogP contribution in [0, 0.1) is 17.3 Å². The van der Waals surface area contributed by atoms with Gasteiger partial charge in [0.1, 0.15) is 12.2 Å². The molecule has 11 heteroatoms. The van der Waals surface area contributed by atoms with Gasteiger partial charge in [0.05, 0.1) is 11.7 Å². The van der Waals surface area contributed by atoms with Crippen LogP contribution in [0.2, 0.25) is 0 Å². The minimum atomic E-state index is -4.20. The lowest BCUT2D eigenvalue weighted by Gasteiger charge is -2.41. The highest BCUT2D eigenvalue weighted by Gasteiger charge is 2.49. The van der Waals surface area contributed by atoms with Gasteiger partial charge in [-0.15, -0.1) is 0 Å². The predicted molar refractivity (Wildman–Crippen MR) is 109 cm³/mol. The topological polar surface area (TPSA) is 156 Å². The van der Waals surface area contributed by atoms with Gasteiger partial charge in [-0.1, -0.05) is 41.5 Å². The molecule has 0 aromatic heterocycles. The van der Waals surface area contributed by atoms with Crippen molar-refractivity contribution in [1.29, 1.82) is 0 Å². The fourth-order valence-corrected chi connectivity index (χ4v) is 3.88. The van der Waals surface area contributed by atoms with E-state index in [-0.39, 0.29) is 18.9 Å². The Labute approximate surface area is 178 Å². The van der Waals surface area contributed by atoms with Gasteiger partial charge in [0.15, 0.2) is 6.10 Å². The van der Waals surface area contributed by atoms with Crippen molar-refractivity contribution in [2.24, 2.45) is 17.3 Å². The second kappa shape index (κ2) is 11.6. The zero-order valence-corrected chi connectivity index (χ0v) is 19.5. The number of nitrogens with one attached hydrogen (secondary N) is 1. The van der Waals surface area contributed by atoms with E-state index in [2.05, 4.69) is 5.32 Å². The van der Waals surface area contributed by atoms with Crippen LogP contribution in [0.25, 0.3) is 0 Å². The van der Waals surface area contributed by atoms with Crippen molar-refractivity contribution in [3.8, 4) is 0 Å². The number of amides is 1. The molecule has 1 amide bonds. The molecule has 0 aromatic carbocycles. The Hall–Kier alpha value is -1.72. The highest BCUT2D eigenvalue weighted by Crippen LogP contribution is 2.35. The molecule has 30 heavy (non-hydrogen) atoms. The first kappa shape index (κ1) is 28.3. The maximum Gasteiger partial charge on any atom is 0.333 e. The van der Waals surface area contributed by atoms with Crippen molar-refractivity contribution in [2.75, 3.05) is 12.3 Å². The summed E-state index contributed by atoms with van der Waals surface area (Å²) in [5.41, 5.74) is -1.62. The minimum absolute atomic E-state index is 0.0642. The molecule has 0 spiro atoms. The van der Waals surface area contributed by atoms with Crippen LogP contribution < -0.4 is 5.32 Å². The predicted octanol–water partition coefficient (Wildman–Crippen LogP) is 0.923. The van der Waals surface area contributed by atoms with E-state index in [0.29, 0.717) is 0 Å². The lowest BCUT2D eigenvalue weighted by Crippen LogP contribution is -2.54. The molecule has 0 aliphatic heterocycles. The monoisotopic (exact) mass is 453 g/mol. The van der Waals surface area contributed by atoms with Gasteiger partial charge in [-0.25, -0.2) is 4.79 Å². The van der Waals surface area contributed by atoms with E-state index in [1.165, 1.54) is 20.8 Å². The number of esters is 1. The van der Waals surface area contributed by atoms with Crippen LogP contribution in [0.3, 0.4) is 0 Å². The number of carbonyl (C=O) groups excluding carboxylic acids is 2. The normalized spacial score (nSPS) is 15.5. The third-order valence-corrected chi connectivity index (χ3v) is 5.84. The van der Waals surface area contributed by atoms with Gasteiger partial charge in [0.2, 0.25) is 5.91 Å². The van der Waals surface area contributed by atoms with E-state index in [0.717, 1.165) is 0 Å². The maximum absolute atomic E-state index is 12.6. The van der Waals surface area contributed by atoms with Gasteiger partial charge in [0, 0.05) is 18.9 Å². The van der Waals surface area contributed by atoms with Crippen LogP contribution in [0.4, 0.5) is 0 Å². The Balaban J connectivity index is 5.90. The average molecular weight is 454 g/mol. The summed E-state index contributed by atoms with van der Waals surface area (Å²) in [4.78, 5) is 34.5. The second-order valence-corrected chi connectivity index (χ2v) is 10.2. The molecule has 0 aliphatic carbocycles. The molecule has 0 aromatic rings. The number of aliphatic hydroxyl groups is 1. The van der Waals surface area contributed by atoms with Crippen LogP contribution in [0.5, 0.6) is 0 Å². The molecule has 10 nitrogen and oxygen atoms in total. The van der Waals surface area contributed by atoms with E-state index < -0.39 is 63.4 Å². The van der Waals surface area contributed by atoms with Crippen molar-refractivity contribution in [3.05, 3.63) is 0 Å². The van der Waals surface area contributed by atoms with E-state index in [4.69, 9.17) is 8.92 Å². The summed E-state index contributed by atoms with van der Waals surface area (Å²) in [6.45, 7) is 10.6. The molecule has 0 aliphatic rings. The molecule has 0 saturated heterocycles. The van der Waals surface area contributed by atoms with Crippen molar-refractivity contribution in [1.82, 2.24) is 5.32 Å². The number of carboxylic acids is 1. The van der Waals surface area contributed by atoms with E-state index in [1.54, 1.807) is 27.7 Å². The smallest absolute Gasteiger partial charge is 0.333 e. The van der Waals surface area contributed by atoms with Crippen molar-refractivity contribution in [3.63, 3.8) is 0 Å². The average Bonchev–Trinajstić information content (AvgIpc) is 2.60. The number of carbonyl (C=O) groups is 3. The quantitative estimate of drug-likeness (QED) is 0.210. The van der Waals surface area contributed by atoms with Gasteiger partial charge in [-0.2, -0.15) is 8.42 Å². The second-order valence-electron chi connectivity index (χ2n) is 8.48. The third kappa shape index (κ3) is 8.97. The van der Waals surface area contributed by atoms with Gasteiger partial charge < -0.3 is 20.3 Å². The molecule has 2 unspecified atom stereocenters. The number of aliphatic carboxylic acids is 1. The summed E-state index contributed by atoms with van der Waals surface area (Å²) in [5.74, 6) is -3.87. The largest absolute Gasteiger partial charge is 0.479 e. The summed E-state index contributed by atoms with van der Waals surface area (Å²) in [6.07, 6.45) is -4.50. The fraction of sp³-hybridized carbons (Fsp3) is 0.842. The molecule has 3 N–H and O–H groups in total. The maximum atomic E-state index is 12.6. The molecular weight excluding hydrogens is 418 g/mol. The highest BCUT2D eigenvalue weighted by molar-refractivity contribution is 7.86. The van der Waals surface area contributed by atoms with Crippen molar-refractivity contribution < 1.29 is 41.9 Å². The van der Waals surface area contributed by atoms with Gasteiger partial charge in [0.25, 0.3) is 10.1 Å². The first-order valence-electron chi connectivity index (χ1n) is 9.79. The number of hydrogen-bond donors (Lipinski definition) is 3. The van der Waals surface area contributed by atoms with E-state index in [1.807, 2.05) is 0 Å². The Morgan fingerprint density at radius 1 is 1.10 bits per heavy atom. The van der Waals surface area contributed by atoms with Crippen LogP contribution in [-0.2, 0) is 33.4 Å². The van der Waals surface area contributed by atoms with E-state index in [9.17, 15) is 33.0 Å². The molecule has 0 saturated carbocycles. The number of rotatable bonds is 13. The molecule has 0 heterocycles. The Bertz CT molecular complexity index is 701. The van der Waals surface area contributed by atoms with Crippen LogP contribution in [0.15, 0.2) is 0 Å². The number of ether oxygens (including phenoxy) is 1. The Kier molecular flexibility index (Phi) is 10.9. The molecule has 176 valence electrons. The summed E-state index contributed by atoms with van der Waals surface area (Å²) < 4.78 is 35.9. The van der Waals surface area contributed by atoms with E-state index >= 15 is 0 Å². The first-order valence-corrected chi connectivity index (χ1v) is 11.4. The molecular formula is C19H35NO9S. The zero-order valence-electron chi connectivity index (χ0n) is 18.7. The standard InChI is InChI=1S/C19H35NO9S/c1-11(2)14(28-18(25)12(3)4)16(19(6,7)15(22)17(23)24)29-30(26,27)10-8-9-20-13(5)21/h11-12,14-16,22H,8-10H2,1-7H3,(H,20,21)(H,23,24)/t14?,15-,16?/m0/s1. The van der Waals surface area contributed by atoms with Crippen molar-refractivity contribution in [2.45, 2.75) is 73.2 Å². The van der Waals surface area contributed by atoms with Gasteiger partial charge in [-0.05, 0) is 12.3 Å². The summed E-state index contributed by atoms with van der Waals surface area (Å²) in [6, 6.07) is 0. The lowest BCUT2D eigenvalue weighted by atomic mass is 9.76. The number of carboxylic acid groups (broad SMARTS) is 1. The first-order chi connectivity index (χ1) is 13.5. The summed E-state index contributed by atoms with van der Waals surface area (Å²) in [7, 11) is -4.20. The van der Waals surface area contributed by atoms with Gasteiger partial charge >= 0.3 is 11.9 Å². The molecule has 0 bridgehead atoms. The van der Waals surface area contributed by atoms with Gasteiger partial charge in [-0.3, -0.25) is 13.8 Å².